The fourth-order valence-corrected chi connectivity index (χ4v) is 4.52. The molecule has 0 atom stereocenters. The number of nitrogens with zero attached hydrogens (tertiary/aromatic N) is 1. The van der Waals surface area contributed by atoms with Crippen LogP contribution in [0.25, 0.3) is 0 Å². The number of benzene rings is 1. The first-order valence-corrected chi connectivity index (χ1v) is 10.5. The van der Waals surface area contributed by atoms with Gasteiger partial charge in [0, 0.05) is 13.0 Å². The zero-order valence-corrected chi connectivity index (χ0v) is 16.8. The van der Waals surface area contributed by atoms with Crippen molar-refractivity contribution in [3.05, 3.63) is 27.7 Å². The van der Waals surface area contributed by atoms with Crippen LogP contribution in [0.5, 0.6) is 0 Å². The molecule has 0 fully saturated rings. The lowest BCUT2D eigenvalue weighted by Gasteiger charge is -2.12. The molecule has 0 saturated carbocycles. The van der Waals surface area contributed by atoms with Crippen molar-refractivity contribution in [1.29, 1.82) is 0 Å². The van der Waals surface area contributed by atoms with Crippen LogP contribution in [-0.4, -0.2) is 45.5 Å². The van der Waals surface area contributed by atoms with E-state index in [1.165, 1.54) is 12.1 Å². The maximum Gasteiger partial charge on any atom is 0.178 e. The van der Waals surface area contributed by atoms with E-state index in [9.17, 15) is 13.2 Å². The molecule has 1 rings (SSSR count). The van der Waals surface area contributed by atoms with Gasteiger partial charge in [0.2, 0.25) is 0 Å². The Kier molecular flexibility index (Phi) is 8.71. The standard InChI is InChI=1S/C17H25Cl2NO3S/c1-4-5-6-7-10-24(22,23)13-11-14(18)17(15(19)12-13)16(21)8-9-20(2)3/h11-12H,4-10H2,1-3H3. The predicted molar refractivity (Wildman–Crippen MR) is 100 cm³/mol. The monoisotopic (exact) mass is 393 g/mol. The second kappa shape index (κ2) is 9.76. The van der Waals surface area contributed by atoms with E-state index in [1.807, 2.05) is 19.0 Å². The highest BCUT2D eigenvalue weighted by atomic mass is 35.5. The molecule has 0 aliphatic rings. The molecule has 0 heterocycles. The summed E-state index contributed by atoms with van der Waals surface area (Å²) in [6.07, 6.45) is 3.81. The van der Waals surface area contributed by atoms with Gasteiger partial charge in [0.15, 0.2) is 15.6 Å². The summed E-state index contributed by atoms with van der Waals surface area (Å²) < 4.78 is 24.8. The molecule has 7 heteroatoms. The van der Waals surface area contributed by atoms with E-state index in [2.05, 4.69) is 6.92 Å². The Hall–Kier alpha value is -0.620. The molecule has 0 saturated heterocycles. The second-order valence-corrected chi connectivity index (χ2v) is 9.04. The predicted octanol–water partition coefficient (Wildman–Crippen LogP) is 4.48. The SMILES string of the molecule is CCCCCCS(=O)(=O)c1cc(Cl)c(C(=O)CCN(C)C)c(Cl)c1. The molecular weight excluding hydrogens is 369 g/mol. The van der Waals surface area contributed by atoms with Crippen LogP contribution < -0.4 is 0 Å². The molecule has 0 aromatic heterocycles. The van der Waals surface area contributed by atoms with Gasteiger partial charge in [0.1, 0.15) is 0 Å². The van der Waals surface area contributed by atoms with Gasteiger partial charge in [0.05, 0.1) is 26.3 Å². The highest BCUT2D eigenvalue weighted by molar-refractivity contribution is 7.91. The quantitative estimate of drug-likeness (QED) is 0.434. The van der Waals surface area contributed by atoms with E-state index in [4.69, 9.17) is 23.2 Å². The summed E-state index contributed by atoms with van der Waals surface area (Å²) in [6, 6.07) is 2.68. The number of carbonyl (C=O) groups excluding carboxylic acids is 1. The van der Waals surface area contributed by atoms with Crippen molar-refractivity contribution in [2.75, 3.05) is 26.4 Å². The molecule has 0 amide bonds. The van der Waals surface area contributed by atoms with Crippen molar-refractivity contribution in [1.82, 2.24) is 4.90 Å². The van der Waals surface area contributed by atoms with Gasteiger partial charge in [-0.3, -0.25) is 4.79 Å². The average molecular weight is 394 g/mol. The number of Topliss-reactive ketones (excluding diaryl/α,β-unsaturated/α-hetero) is 1. The Bertz CT molecular complexity index is 649. The lowest BCUT2D eigenvalue weighted by molar-refractivity contribution is 0.0972. The molecule has 0 spiro atoms. The molecule has 0 bridgehead atoms. The van der Waals surface area contributed by atoms with E-state index in [-0.39, 0.29) is 38.5 Å². The van der Waals surface area contributed by atoms with Gasteiger partial charge in [0.25, 0.3) is 0 Å². The normalized spacial score (nSPS) is 11.9. The summed E-state index contributed by atoms with van der Waals surface area (Å²) >= 11 is 12.3. The van der Waals surface area contributed by atoms with Crippen LogP contribution in [0.4, 0.5) is 0 Å². The van der Waals surface area contributed by atoms with Crippen molar-refractivity contribution >= 4 is 38.8 Å². The van der Waals surface area contributed by atoms with Gasteiger partial charge in [-0.05, 0) is 32.6 Å². The Morgan fingerprint density at radius 1 is 1.08 bits per heavy atom. The molecule has 0 radical (unpaired) electrons. The highest BCUT2D eigenvalue weighted by Crippen LogP contribution is 2.30. The molecular formula is C17H25Cl2NO3S. The number of hydrogen-bond acceptors (Lipinski definition) is 4. The van der Waals surface area contributed by atoms with Gasteiger partial charge in [-0.1, -0.05) is 49.4 Å². The molecule has 1 aromatic rings. The topological polar surface area (TPSA) is 54.5 Å². The fourth-order valence-electron chi connectivity index (χ4n) is 2.28. The van der Waals surface area contributed by atoms with Gasteiger partial charge in [-0.15, -0.1) is 0 Å². The minimum atomic E-state index is -3.44. The summed E-state index contributed by atoms with van der Waals surface area (Å²) in [6.45, 7) is 2.64. The Balaban J connectivity index is 2.96. The summed E-state index contributed by atoms with van der Waals surface area (Å²) in [5.74, 6) is -0.126. The maximum absolute atomic E-state index is 12.4. The van der Waals surface area contributed by atoms with Crippen molar-refractivity contribution in [2.24, 2.45) is 0 Å². The minimum Gasteiger partial charge on any atom is -0.309 e. The number of sulfone groups is 1. The fraction of sp³-hybridized carbons (Fsp3) is 0.588. The number of hydrogen-bond donors (Lipinski definition) is 0. The molecule has 1 aromatic carbocycles. The summed E-state index contributed by atoms with van der Waals surface area (Å²) in [4.78, 5) is 14.2. The van der Waals surface area contributed by atoms with Crippen LogP contribution in [0.2, 0.25) is 10.0 Å². The zero-order valence-electron chi connectivity index (χ0n) is 14.4. The van der Waals surface area contributed by atoms with Crippen molar-refractivity contribution in [3.8, 4) is 0 Å². The first-order chi connectivity index (χ1) is 11.2. The Labute approximate surface area is 155 Å². The third-order valence-electron chi connectivity index (χ3n) is 3.71. The first kappa shape index (κ1) is 21.4. The average Bonchev–Trinajstić information content (AvgIpc) is 2.48. The maximum atomic E-state index is 12.4. The number of unbranched alkanes of at least 4 members (excludes halogenated alkanes) is 3. The molecule has 0 unspecified atom stereocenters. The molecule has 4 nitrogen and oxygen atoms in total. The lowest BCUT2D eigenvalue weighted by Crippen LogP contribution is -2.17. The minimum absolute atomic E-state index is 0.0631. The first-order valence-electron chi connectivity index (χ1n) is 8.08. The van der Waals surface area contributed by atoms with E-state index >= 15 is 0 Å². The number of ketones is 1. The third kappa shape index (κ3) is 6.36. The Morgan fingerprint density at radius 2 is 1.67 bits per heavy atom. The molecule has 0 aliphatic carbocycles. The molecule has 0 aliphatic heterocycles. The van der Waals surface area contributed by atoms with Crippen LogP contribution in [0.15, 0.2) is 17.0 Å². The van der Waals surface area contributed by atoms with E-state index in [1.54, 1.807) is 0 Å². The number of halogens is 2. The van der Waals surface area contributed by atoms with Crippen LogP contribution in [0.3, 0.4) is 0 Å². The van der Waals surface area contributed by atoms with Gasteiger partial charge in [-0.2, -0.15) is 0 Å². The van der Waals surface area contributed by atoms with Crippen molar-refractivity contribution in [3.63, 3.8) is 0 Å². The number of rotatable bonds is 10. The van der Waals surface area contributed by atoms with Crippen LogP contribution >= 0.6 is 23.2 Å². The Morgan fingerprint density at radius 3 is 2.17 bits per heavy atom. The van der Waals surface area contributed by atoms with E-state index in [0.29, 0.717) is 13.0 Å². The van der Waals surface area contributed by atoms with Crippen molar-refractivity contribution < 1.29 is 13.2 Å². The van der Waals surface area contributed by atoms with Crippen LogP contribution in [-0.2, 0) is 9.84 Å². The lowest BCUT2D eigenvalue weighted by atomic mass is 10.1. The van der Waals surface area contributed by atoms with E-state index < -0.39 is 9.84 Å². The largest absolute Gasteiger partial charge is 0.309 e. The summed E-state index contributed by atoms with van der Waals surface area (Å²) in [5, 5.41) is 0.191. The third-order valence-corrected chi connectivity index (χ3v) is 6.08. The van der Waals surface area contributed by atoms with Gasteiger partial charge >= 0.3 is 0 Å². The number of carbonyl (C=O) groups is 1. The molecule has 0 N–H and O–H groups in total. The van der Waals surface area contributed by atoms with Gasteiger partial charge < -0.3 is 4.90 Å². The molecule has 136 valence electrons. The van der Waals surface area contributed by atoms with Gasteiger partial charge in [-0.25, -0.2) is 8.42 Å². The van der Waals surface area contributed by atoms with Crippen LogP contribution in [0, 0.1) is 0 Å². The van der Waals surface area contributed by atoms with Crippen molar-refractivity contribution in [2.45, 2.75) is 43.9 Å². The van der Waals surface area contributed by atoms with E-state index in [0.717, 1.165) is 19.3 Å². The van der Waals surface area contributed by atoms with Crippen LogP contribution in [0.1, 0.15) is 49.4 Å². The summed E-state index contributed by atoms with van der Waals surface area (Å²) in [5.41, 5.74) is 0.199. The molecule has 24 heavy (non-hydrogen) atoms. The summed E-state index contributed by atoms with van der Waals surface area (Å²) in [7, 11) is 0.289. The smallest absolute Gasteiger partial charge is 0.178 e. The highest BCUT2D eigenvalue weighted by Gasteiger charge is 2.21. The zero-order chi connectivity index (χ0) is 18.3. The second-order valence-electron chi connectivity index (χ2n) is 6.12.